The van der Waals surface area contributed by atoms with Gasteiger partial charge in [-0.3, -0.25) is 4.40 Å². The van der Waals surface area contributed by atoms with Crippen LogP contribution in [0, 0.1) is 29.4 Å². The molecule has 4 aromatic heterocycles. The van der Waals surface area contributed by atoms with Crippen molar-refractivity contribution in [3.05, 3.63) is 112 Å². The molecule has 2 fully saturated rings. The van der Waals surface area contributed by atoms with Crippen LogP contribution in [0.25, 0.3) is 33.4 Å². The summed E-state index contributed by atoms with van der Waals surface area (Å²) in [7, 11) is 0. The summed E-state index contributed by atoms with van der Waals surface area (Å²) in [6, 6.07) is 19.0. The van der Waals surface area contributed by atoms with Crippen molar-refractivity contribution in [3.63, 3.8) is 0 Å². The standard InChI is InChI=1S/C44H35ClF2N11/c45-32-20-39-30(18-33(32)46)41(50-43-52-49-22-56(39)43)54-15-3-7-28-24(5-1-9-36(28)54)13-14-26-17-38(26)58-23-57-40-21-35(48)34(47)19-31(40)42(51-44(57)53-58)55-16-4-8-29-27(25-11-12-25)6-2-10-37(29)55/h1-2,5-6,9-10,18-23,25-26,38H,3-4,7-8,11-12,15-17,48H2/q+1. The first kappa shape index (κ1) is 33.7. The predicted octanol–water partition coefficient (Wildman–Crippen LogP) is 7.93. The van der Waals surface area contributed by atoms with Crippen molar-refractivity contribution >= 4 is 73.7 Å². The first-order valence-corrected chi connectivity index (χ1v) is 20.2. The molecule has 2 unspecified atom stereocenters. The van der Waals surface area contributed by atoms with E-state index in [9.17, 15) is 4.39 Å². The SMILES string of the molecule is Nc1cc2c(cc1F)c(N1CCCc3c(C4CC4)cccc31)nc1nn(C3CC3C#Cc3cccc4c3CCCN4c3nc4nncn4c4cc(Cl)c(F)cc34)c[n+]12. The molecule has 0 amide bonds. The maximum absolute atomic E-state index is 15.2. The van der Waals surface area contributed by atoms with Crippen LogP contribution in [0.3, 0.4) is 0 Å². The zero-order valence-electron chi connectivity index (χ0n) is 31.2. The fourth-order valence-electron chi connectivity index (χ4n) is 9.23. The van der Waals surface area contributed by atoms with Crippen molar-refractivity contribution in [2.45, 2.75) is 56.9 Å². The van der Waals surface area contributed by atoms with Gasteiger partial charge in [-0.1, -0.05) is 46.6 Å². The molecule has 286 valence electrons. The van der Waals surface area contributed by atoms with Gasteiger partial charge in [0.2, 0.25) is 5.82 Å². The molecule has 0 spiro atoms. The van der Waals surface area contributed by atoms with Crippen LogP contribution in [0.15, 0.2) is 73.3 Å². The Bertz CT molecular complexity index is 3120. The fourth-order valence-corrected chi connectivity index (χ4v) is 9.39. The highest BCUT2D eigenvalue weighted by atomic mass is 35.5. The number of halogens is 3. The third-order valence-corrected chi connectivity index (χ3v) is 12.6. The van der Waals surface area contributed by atoms with E-state index in [1.54, 1.807) is 22.9 Å². The highest BCUT2D eigenvalue weighted by Gasteiger charge is 2.43. The van der Waals surface area contributed by atoms with E-state index in [-0.39, 0.29) is 22.7 Å². The van der Waals surface area contributed by atoms with Gasteiger partial charge in [0.15, 0.2) is 6.33 Å². The molecule has 2 atom stereocenters. The Kier molecular flexibility index (Phi) is 7.30. The Labute approximate surface area is 335 Å². The van der Waals surface area contributed by atoms with Crippen molar-refractivity contribution in [2.24, 2.45) is 5.92 Å². The molecule has 2 saturated carbocycles. The number of fused-ring (bicyclic) bond motifs is 8. The van der Waals surface area contributed by atoms with Crippen LogP contribution in [-0.4, -0.2) is 47.4 Å². The number of hydrogen-bond acceptors (Lipinski definition) is 8. The van der Waals surface area contributed by atoms with E-state index in [1.165, 1.54) is 36.1 Å². The largest absolute Gasteiger partial charge is 0.421 e. The van der Waals surface area contributed by atoms with Gasteiger partial charge in [0.25, 0.3) is 5.78 Å². The van der Waals surface area contributed by atoms with Crippen LogP contribution in [-0.2, 0) is 12.8 Å². The minimum Gasteiger partial charge on any atom is -0.396 e. The van der Waals surface area contributed by atoms with Crippen LogP contribution in [0.5, 0.6) is 0 Å². The average Bonchev–Trinajstić information content (AvgIpc) is 4.14. The lowest BCUT2D eigenvalue weighted by Gasteiger charge is -2.32. The highest BCUT2D eigenvalue weighted by molar-refractivity contribution is 6.31. The Morgan fingerprint density at radius 1 is 0.862 bits per heavy atom. The summed E-state index contributed by atoms with van der Waals surface area (Å²) in [4.78, 5) is 14.3. The number of rotatable bonds is 4. The molecule has 2 aliphatic heterocycles. The third-order valence-electron chi connectivity index (χ3n) is 12.3. The third kappa shape index (κ3) is 5.24. The zero-order valence-corrected chi connectivity index (χ0v) is 32.0. The van der Waals surface area contributed by atoms with Gasteiger partial charge in [0, 0.05) is 46.6 Å². The molecule has 0 radical (unpaired) electrons. The normalized spacial score (nSPS) is 18.8. The first-order chi connectivity index (χ1) is 28.4. The van der Waals surface area contributed by atoms with Crippen LogP contribution in [0.2, 0.25) is 5.02 Å². The highest BCUT2D eigenvalue weighted by Crippen LogP contribution is 2.47. The minimum atomic E-state index is -0.513. The first-order valence-electron chi connectivity index (χ1n) is 19.9. The molecular formula is C44H35ClF2N11+. The maximum atomic E-state index is 15.2. The number of nitrogens with zero attached hydrogens (tertiary/aromatic N) is 10. The second-order valence-electron chi connectivity index (χ2n) is 15.9. The number of benzene rings is 4. The molecule has 58 heavy (non-hydrogen) atoms. The fraction of sp³-hybridized carbons (Fsp3) is 0.273. The van der Waals surface area contributed by atoms with Crippen molar-refractivity contribution in [2.75, 3.05) is 28.6 Å². The molecule has 11 nitrogen and oxygen atoms in total. The summed E-state index contributed by atoms with van der Waals surface area (Å²) >= 11 is 6.22. The van der Waals surface area contributed by atoms with E-state index in [0.717, 1.165) is 66.7 Å². The van der Waals surface area contributed by atoms with E-state index < -0.39 is 11.6 Å². The molecule has 2 aliphatic carbocycles. The minimum absolute atomic E-state index is 0.0246. The second kappa shape index (κ2) is 12.6. The van der Waals surface area contributed by atoms with Crippen molar-refractivity contribution in [1.82, 2.24) is 34.3 Å². The van der Waals surface area contributed by atoms with Crippen molar-refractivity contribution < 1.29 is 13.2 Å². The molecule has 6 heterocycles. The number of nitrogen functional groups attached to an aromatic ring is 1. The number of nitrogens with two attached hydrogens (primary N) is 1. The number of aromatic nitrogens is 8. The van der Waals surface area contributed by atoms with Gasteiger partial charge in [-0.25, -0.2) is 8.78 Å². The summed E-state index contributed by atoms with van der Waals surface area (Å²) in [6.45, 7) is 1.48. The Morgan fingerprint density at radius 3 is 2.45 bits per heavy atom. The summed E-state index contributed by atoms with van der Waals surface area (Å²) < 4.78 is 35.7. The van der Waals surface area contributed by atoms with Gasteiger partial charge in [0.05, 0.1) is 27.5 Å². The van der Waals surface area contributed by atoms with Gasteiger partial charge in [-0.05, 0) is 104 Å². The molecule has 2 N–H and O–H groups in total. The van der Waals surface area contributed by atoms with Gasteiger partial charge in [-0.15, -0.1) is 14.9 Å². The van der Waals surface area contributed by atoms with Crippen molar-refractivity contribution in [3.8, 4) is 11.8 Å². The molecule has 12 rings (SSSR count). The quantitative estimate of drug-likeness (QED) is 0.109. The van der Waals surface area contributed by atoms with Crippen LogP contribution in [0.4, 0.5) is 37.5 Å². The monoisotopic (exact) mass is 790 g/mol. The van der Waals surface area contributed by atoms with Gasteiger partial charge < -0.3 is 15.5 Å². The summed E-state index contributed by atoms with van der Waals surface area (Å²) in [5.74, 6) is 9.04. The Balaban J connectivity index is 0.883. The van der Waals surface area contributed by atoms with Crippen LogP contribution < -0.4 is 19.9 Å². The molecular weight excluding hydrogens is 756 g/mol. The van der Waals surface area contributed by atoms with Gasteiger partial charge in [-0.2, -0.15) is 9.38 Å². The lowest BCUT2D eigenvalue weighted by Crippen LogP contribution is -2.29. The van der Waals surface area contributed by atoms with E-state index in [2.05, 4.69) is 62.2 Å². The maximum Gasteiger partial charge on any atom is 0.421 e. The number of hydrogen-bond donors (Lipinski definition) is 1. The van der Waals surface area contributed by atoms with E-state index in [0.29, 0.717) is 51.9 Å². The van der Waals surface area contributed by atoms with E-state index >= 15 is 4.39 Å². The smallest absolute Gasteiger partial charge is 0.396 e. The molecule has 8 aromatic rings. The predicted molar refractivity (Wildman–Crippen MR) is 218 cm³/mol. The summed E-state index contributed by atoms with van der Waals surface area (Å²) in [5, 5.41) is 14.6. The molecule has 0 bridgehead atoms. The van der Waals surface area contributed by atoms with E-state index in [4.69, 9.17) is 32.4 Å². The topological polar surface area (TPSA) is 110 Å². The van der Waals surface area contributed by atoms with E-state index in [1.807, 2.05) is 21.5 Å². The summed E-state index contributed by atoms with van der Waals surface area (Å²) in [5.41, 5.74) is 14.7. The molecule has 4 aromatic carbocycles. The second-order valence-corrected chi connectivity index (χ2v) is 16.3. The molecule has 14 heteroatoms. The molecule has 4 aliphatic rings. The lowest BCUT2D eigenvalue weighted by atomic mass is 9.93. The van der Waals surface area contributed by atoms with Crippen LogP contribution >= 0.6 is 11.6 Å². The Hall–Kier alpha value is -6.39. The summed E-state index contributed by atoms with van der Waals surface area (Å²) in [6.07, 6.45) is 10.6. The van der Waals surface area contributed by atoms with Crippen LogP contribution in [0.1, 0.15) is 66.3 Å². The zero-order chi connectivity index (χ0) is 38.8. The average molecular weight is 791 g/mol. The number of anilines is 5. The van der Waals surface area contributed by atoms with Gasteiger partial charge in [0.1, 0.15) is 35.3 Å². The van der Waals surface area contributed by atoms with Crippen molar-refractivity contribution in [1.29, 1.82) is 0 Å². The Morgan fingerprint density at radius 2 is 1.62 bits per heavy atom. The molecule has 0 saturated heterocycles. The lowest BCUT2D eigenvalue weighted by molar-refractivity contribution is -0.485. The van der Waals surface area contributed by atoms with Gasteiger partial charge >= 0.3 is 5.78 Å².